The Morgan fingerprint density at radius 3 is 1.89 bits per heavy atom. The van der Waals surface area contributed by atoms with Crippen LogP contribution in [0.25, 0.3) is 21.8 Å². The number of aromatic nitrogens is 1. The predicted octanol–water partition coefficient (Wildman–Crippen LogP) is 2.60. The summed E-state index contributed by atoms with van der Waals surface area (Å²) in [6.45, 7) is 0. The first-order valence-corrected chi connectivity index (χ1v) is 6.12. The van der Waals surface area contributed by atoms with Crippen molar-refractivity contribution in [2.75, 3.05) is 7.11 Å². The summed E-state index contributed by atoms with van der Waals surface area (Å²) in [6.07, 6.45) is 0. The van der Waals surface area contributed by atoms with E-state index in [0.29, 0.717) is 5.56 Å². The van der Waals surface area contributed by atoms with Gasteiger partial charge in [0.1, 0.15) is 7.05 Å². The molecule has 3 nitrogen and oxygen atoms in total. The summed E-state index contributed by atoms with van der Waals surface area (Å²) < 4.78 is 7.04. The van der Waals surface area contributed by atoms with E-state index in [4.69, 9.17) is 4.74 Å². The maximum Gasteiger partial charge on any atom is 0.339 e. The maximum atomic E-state index is 12.1. The van der Waals surface area contributed by atoms with Crippen molar-refractivity contribution in [1.29, 1.82) is 0 Å². The van der Waals surface area contributed by atoms with Gasteiger partial charge in [-0.05, 0) is 12.1 Å². The van der Waals surface area contributed by atoms with Gasteiger partial charge in [0.15, 0.2) is 0 Å². The number of rotatable bonds is 1. The molecule has 3 aromatic rings. The summed E-state index contributed by atoms with van der Waals surface area (Å²) >= 11 is 0. The summed E-state index contributed by atoms with van der Waals surface area (Å²) in [7, 11) is 3.42. The quantitative estimate of drug-likeness (QED) is 0.378. The summed E-state index contributed by atoms with van der Waals surface area (Å²) in [5, 5.41) is 1.83. The van der Waals surface area contributed by atoms with Crippen LogP contribution in [0.4, 0.5) is 0 Å². The maximum absolute atomic E-state index is 12.1. The van der Waals surface area contributed by atoms with Crippen LogP contribution in [0.1, 0.15) is 10.4 Å². The Bertz CT molecular complexity index is 736. The molecular weight excluding hydrogens is 238 g/mol. The zero-order valence-electron chi connectivity index (χ0n) is 10.9. The smallest absolute Gasteiger partial charge is 0.339 e. The number of hydrogen-bond donors (Lipinski definition) is 0. The van der Waals surface area contributed by atoms with Gasteiger partial charge in [-0.3, -0.25) is 0 Å². The summed E-state index contributed by atoms with van der Waals surface area (Å²) in [5.41, 5.74) is 2.66. The van der Waals surface area contributed by atoms with Crippen molar-refractivity contribution in [3.05, 3.63) is 54.1 Å². The fourth-order valence-corrected chi connectivity index (χ4v) is 2.55. The van der Waals surface area contributed by atoms with Gasteiger partial charge in [0.2, 0.25) is 11.0 Å². The number of fused-ring (bicyclic) bond motifs is 2. The van der Waals surface area contributed by atoms with Gasteiger partial charge in [-0.1, -0.05) is 24.3 Å². The lowest BCUT2D eigenvalue weighted by Crippen LogP contribution is -2.31. The number of nitrogens with zero attached hydrogens (tertiary/aromatic N) is 1. The van der Waals surface area contributed by atoms with Gasteiger partial charge in [0, 0.05) is 12.1 Å². The third-order valence-electron chi connectivity index (χ3n) is 3.46. The Morgan fingerprint density at radius 2 is 1.42 bits per heavy atom. The van der Waals surface area contributed by atoms with Crippen molar-refractivity contribution in [2.45, 2.75) is 0 Å². The number of pyridine rings is 1. The van der Waals surface area contributed by atoms with Gasteiger partial charge in [-0.2, -0.15) is 4.57 Å². The Morgan fingerprint density at radius 1 is 0.947 bits per heavy atom. The molecule has 1 heterocycles. The van der Waals surface area contributed by atoms with E-state index in [2.05, 4.69) is 4.57 Å². The third kappa shape index (κ3) is 1.66. The molecule has 0 aliphatic heterocycles. The second-order valence-electron chi connectivity index (χ2n) is 4.46. The molecule has 0 atom stereocenters. The largest absolute Gasteiger partial charge is 0.465 e. The average molecular weight is 252 g/mol. The van der Waals surface area contributed by atoms with E-state index in [9.17, 15) is 4.79 Å². The standard InChI is InChI=1S/C16H14NO2/c1-17-13-9-5-3-7-11(13)15(16(18)19-2)12-8-4-6-10-14(12)17/h3-10H,1-2H3/q+1. The van der Waals surface area contributed by atoms with E-state index in [1.165, 1.54) is 7.11 Å². The van der Waals surface area contributed by atoms with E-state index in [-0.39, 0.29) is 5.97 Å². The molecule has 0 fully saturated rings. The molecule has 2 aromatic carbocycles. The monoisotopic (exact) mass is 252 g/mol. The van der Waals surface area contributed by atoms with Crippen LogP contribution in [0.2, 0.25) is 0 Å². The van der Waals surface area contributed by atoms with Crippen LogP contribution in [-0.2, 0) is 11.8 Å². The number of carbonyl (C=O) groups is 1. The Kier molecular flexibility index (Phi) is 2.67. The minimum atomic E-state index is -0.298. The summed E-state index contributed by atoms with van der Waals surface area (Å²) in [5.74, 6) is -0.298. The minimum absolute atomic E-state index is 0.298. The SMILES string of the molecule is COC(=O)c1c2ccccc2[n+](C)c2ccccc12. The van der Waals surface area contributed by atoms with E-state index in [1.54, 1.807) is 0 Å². The molecule has 0 aliphatic carbocycles. The molecule has 3 heteroatoms. The minimum Gasteiger partial charge on any atom is -0.465 e. The molecule has 0 spiro atoms. The highest BCUT2D eigenvalue weighted by Crippen LogP contribution is 2.24. The fraction of sp³-hybridized carbons (Fsp3) is 0.125. The number of aryl methyl sites for hydroxylation is 1. The van der Waals surface area contributed by atoms with Gasteiger partial charge >= 0.3 is 5.97 Å². The number of para-hydroxylation sites is 2. The zero-order valence-corrected chi connectivity index (χ0v) is 10.9. The highest BCUT2D eigenvalue weighted by Gasteiger charge is 2.21. The molecule has 1 aromatic heterocycles. The van der Waals surface area contributed by atoms with Crippen molar-refractivity contribution < 1.29 is 14.1 Å². The lowest BCUT2D eigenvalue weighted by molar-refractivity contribution is -0.617. The third-order valence-corrected chi connectivity index (χ3v) is 3.46. The van der Waals surface area contributed by atoms with Crippen LogP contribution in [0.3, 0.4) is 0 Å². The van der Waals surface area contributed by atoms with Crippen molar-refractivity contribution in [3.63, 3.8) is 0 Å². The van der Waals surface area contributed by atoms with Crippen LogP contribution in [0, 0.1) is 0 Å². The second kappa shape index (κ2) is 4.35. The zero-order chi connectivity index (χ0) is 13.4. The van der Waals surface area contributed by atoms with Crippen LogP contribution >= 0.6 is 0 Å². The second-order valence-corrected chi connectivity index (χ2v) is 4.46. The molecule has 0 N–H and O–H groups in total. The topological polar surface area (TPSA) is 30.2 Å². The molecule has 0 saturated carbocycles. The summed E-state index contributed by atoms with van der Waals surface area (Å²) in [4.78, 5) is 12.1. The van der Waals surface area contributed by atoms with Gasteiger partial charge in [-0.25, -0.2) is 4.79 Å². The molecule has 0 unspecified atom stereocenters. The summed E-state index contributed by atoms with van der Waals surface area (Å²) in [6, 6.07) is 15.7. The molecule has 19 heavy (non-hydrogen) atoms. The number of esters is 1. The van der Waals surface area contributed by atoms with E-state index in [1.807, 2.05) is 55.6 Å². The van der Waals surface area contributed by atoms with Gasteiger partial charge in [0.05, 0.1) is 23.4 Å². The van der Waals surface area contributed by atoms with Crippen molar-refractivity contribution in [2.24, 2.45) is 7.05 Å². The van der Waals surface area contributed by atoms with Crippen LogP contribution < -0.4 is 4.57 Å². The number of benzene rings is 2. The van der Waals surface area contributed by atoms with E-state index in [0.717, 1.165) is 21.8 Å². The highest BCUT2D eigenvalue weighted by molar-refractivity contribution is 6.12. The molecule has 0 aliphatic rings. The molecule has 3 rings (SSSR count). The highest BCUT2D eigenvalue weighted by atomic mass is 16.5. The lowest BCUT2D eigenvalue weighted by Gasteiger charge is -2.08. The molecule has 0 amide bonds. The number of ether oxygens (including phenoxy) is 1. The van der Waals surface area contributed by atoms with Gasteiger partial charge < -0.3 is 4.74 Å². The van der Waals surface area contributed by atoms with Crippen LogP contribution in [0.5, 0.6) is 0 Å². The lowest BCUT2D eigenvalue weighted by atomic mass is 10.0. The fourth-order valence-electron chi connectivity index (χ4n) is 2.55. The number of methoxy groups -OCH3 is 1. The average Bonchev–Trinajstić information content (AvgIpc) is 2.47. The molecule has 0 radical (unpaired) electrons. The molecule has 94 valence electrons. The number of hydrogen-bond acceptors (Lipinski definition) is 2. The van der Waals surface area contributed by atoms with Crippen molar-refractivity contribution in [1.82, 2.24) is 0 Å². The first-order chi connectivity index (χ1) is 9.24. The first-order valence-electron chi connectivity index (χ1n) is 6.12. The van der Waals surface area contributed by atoms with Crippen molar-refractivity contribution >= 4 is 27.8 Å². The Balaban J connectivity index is 2.60. The molecular formula is C16H14NO2+. The van der Waals surface area contributed by atoms with E-state index >= 15 is 0 Å². The molecule has 0 saturated heterocycles. The Hall–Kier alpha value is -2.42. The normalized spacial score (nSPS) is 10.8. The van der Waals surface area contributed by atoms with Gasteiger partial charge in [0.25, 0.3) is 0 Å². The first kappa shape index (κ1) is 11.7. The van der Waals surface area contributed by atoms with Gasteiger partial charge in [-0.15, -0.1) is 0 Å². The van der Waals surface area contributed by atoms with Crippen molar-refractivity contribution in [3.8, 4) is 0 Å². The molecule has 0 bridgehead atoms. The number of carbonyl (C=O) groups excluding carboxylic acids is 1. The van der Waals surface area contributed by atoms with Crippen LogP contribution in [-0.4, -0.2) is 13.1 Å². The predicted molar refractivity (Wildman–Crippen MR) is 74.0 cm³/mol. The van der Waals surface area contributed by atoms with E-state index < -0.39 is 0 Å². The van der Waals surface area contributed by atoms with Crippen LogP contribution in [0.15, 0.2) is 48.5 Å². The Labute approximate surface area is 111 Å².